The maximum atomic E-state index is 10.9. The molecule has 2 rings (SSSR count). The minimum absolute atomic E-state index is 0.112. The second-order valence-electron chi connectivity index (χ2n) is 5.05. The number of aliphatic carboxylic acids is 1. The van der Waals surface area contributed by atoms with Crippen molar-refractivity contribution in [2.24, 2.45) is 5.92 Å². The number of rotatable bonds is 5. The minimum Gasteiger partial charge on any atom is -0.481 e. The van der Waals surface area contributed by atoms with Crippen molar-refractivity contribution in [3.8, 4) is 0 Å². The van der Waals surface area contributed by atoms with Gasteiger partial charge in [0.1, 0.15) is 0 Å². The Kier molecular flexibility index (Phi) is 5.00. The number of carboxylic acids is 1. The van der Waals surface area contributed by atoms with Crippen LogP contribution >= 0.6 is 11.8 Å². The van der Waals surface area contributed by atoms with Gasteiger partial charge in [-0.05, 0) is 31.2 Å². The van der Waals surface area contributed by atoms with Crippen LogP contribution in [0.15, 0.2) is 24.3 Å². The molecular formula is C14H17NO4S. The Balaban J connectivity index is 1.78. The fraction of sp³-hybridized carbons (Fsp3) is 0.500. The molecule has 108 valence electrons. The summed E-state index contributed by atoms with van der Waals surface area (Å²) in [5.74, 6) is -0.0320. The highest BCUT2D eigenvalue weighted by atomic mass is 32.2. The molecule has 0 atom stereocenters. The first-order valence-corrected chi connectivity index (χ1v) is 7.69. The van der Waals surface area contributed by atoms with E-state index in [1.54, 1.807) is 12.1 Å². The van der Waals surface area contributed by atoms with Crippen LogP contribution in [0.5, 0.6) is 0 Å². The Morgan fingerprint density at radius 2 is 1.85 bits per heavy atom. The summed E-state index contributed by atoms with van der Waals surface area (Å²) in [6.45, 7) is 0. The molecule has 5 nitrogen and oxygen atoms in total. The number of non-ortho nitro benzene ring substituents is 1. The van der Waals surface area contributed by atoms with Gasteiger partial charge in [0.25, 0.3) is 5.69 Å². The van der Waals surface area contributed by atoms with Crippen molar-refractivity contribution in [2.75, 3.05) is 0 Å². The first-order chi connectivity index (χ1) is 9.56. The van der Waals surface area contributed by atoms with Crippen LogP contribution in [0, 0.1) is 16.0 Å². The first kappa shape index (κ1) is 14.8. The number of nitrogens with zero attached hydrogens (tertiary/aromatic N) is 1. The summed E-state index contributed by atoms with van der Waals surface area (Å²) in [6, 6.07) is 6.62. The summed E-state index contributed by atoms with van der Waals surface area (Å²) in [5, 5.41) is 20.0. The van der Waals surface area contributed by atoms with Crippen molar-refractivity contribution in [1.82, 2.24) is 0 Å². The van der Waals surface area contributed by atoms with Gasteiger partial charge >= 0.3 is 5.97 Å². The Morgan fingerprint density at radius 3 is 2.35 bits per heavy atom. The highest BCUT2D eigenvalue weighted by molar-refractivity contribution is 7.99. The third kappa shape index (κ3) is 3.96. The molecular weight excluding hydrogens is 278 g/mol. The van der Waals surface area contributed by atoms with Crippen LogP contribution in [0.4, 0.5) is 5.69 Å². The smallest absolute Gasteiger partial charge is 0.306 e. The number of hydrogen-bond donors (Lipinski definition) is 1. The lowest BCUT2D eigenvalue weighted by Crippen LogP contribution is -2.22. The van der Waals surface area contributed by atoms with Gasteiger partial charge in [0.15, 0.2) is 0 Å². The molecule has 20 heavy (non-hydrogen) atoms. The van der Waals surface area contributed by atoms with E-state index in [9.17, 15) is 14.9 Å². The summed E-state index contributed by atoms with van der Waals surface area (Å²) >= 11 is 1.82. The molecule has 0 radical (unpaired) electrons. The zero-order chi connectivity index (χ0) is 14.5. The van der Waals surface area contributed by atoms with Gasteiger partial charge in [0.2, 0.25) is 0 Å². The molecule has 1 saturated carbocycles. The van der Waals surface area contributed by atoms with Crippen LogP contribution in [0.25, 0.3) is 0 Å². The standard InChI is InChI=1S/C14H17NO4S/c16-14(17)11-3-7-13(8-4-11)20-9-10-1-5-12(6-2-10)15(18)19/h1-2,5-6,11,13H,3-4,7-9H2,(H,16,17). The Bertz CT molecular complexity index is 480. The monoisotopic (exact) mass is 295 g/mol. The summed E-state index contributed by atoms with van der Waals surface area (Å²) in [4.78, 5) is 21.0. The molecule has 0 spiro atoms. The number of benzene rings is 1. The van der Waals surface area contributed by atoms with Crippen LogP contribution in [-0.4, -0.2) is 21.2 Å². The van der Waals surface area contributed by atoms with Crippen molar-refractivity contribution < 1.29 is 14.8 Å². The fourth-order valence-electron chi connectivity index (χ4n) is 2.40. The summed E-state index contributed by atoms with van der Waals surface area (Å²) in [6.07, 6.45) is 3.39. The lowest BCUT2D eigenvalue weighted by molar-refractivity contribution is -0.384. The highest BCUT2D eigenvalue weighted by Gasteiger charge is 2.25. The first-order valence-electron chi connectivity index (χ1n) is 6.64. The second kappa shape index (κ2) is 6.74. The van der Waals surface area contributed by atoms with E-state index in [1.165, 1.54) is 12.1 Å². The van der Waals surface area contributed by atoms with Crippen LogP contribution in [0.3, 0.4) is 0 Å². The van der Waals surface area contributed by atoms with Crippen molar-refractivity contribution in [1.29, 1.82) is 0 Å². The number of carbonyl (C=O) groups is 1. The van der Waals surface area contributed by atoms with E-state index < -0.39 is 10.9 Å². The normalized spacial score (nSPS) is 22.4. The molecule has 1 aliphatic rings. The van der Waals surface area contributed by atoms with Gasteiger partial charge in [-0.25, -0.2) is 0 Å². The van der Waals surface area contributed by atoms with Crippen molar-refractivity contribution in [3.63, 3.8) is 0 Å². The molecule has 1 aliphatic carbocycles. The van der Waals surface area contributed by atoms with Gasteiger partial charge in [0, 0.05) is 23.1 Å². The summed E-state index contributed by atoms with van der Waals surface area (Å²) < 4.78 is 0. The van der Waals surface area contributed by atoms with Gasteiger partial charge in [-0.3, -0.25) is 14.9 Å². The molecule has 0 aliphatic heterocycles. The zero-order valence-corrected chi connectivity index (χ0v) is 11.8. The molecule has 1 fully saturated rings. The van der Waals surface area contributed by atoms with Crippen LogP contribution in [0.1, 0.15) is 31.2 Å². The quantitative estimate of drug-likeness (QED) is 0.664. The molecule has 0 bridgehead atoms. The van der Waals surface area contributed by atoms with Crippen LogP contribution in [-0.2, 0) is 10.5 Å². The SMILES string of the molecule is O=C(O)C1CCC(SCc2ccc([N+](=O)[O-])cc2)CC1. The van der Waals surface area contributed by atoms with E-state index >= 15 is 0 Å². The predicted molar refractivity (Wildman–Crippen MR) is 77.8 cm³/mol. The maximum absolute atomic E-state index is 10.9. The molecule has 0 heterocycles. The third-order valence-electron chi connectivity index (χ3n) is 3.66. The summed E-state index contributed by atoms with van der Waals surface area (Å²) in [7, 11) is 0. The topological polar surface area (TPSA) is 80.4 Å². The minimum atomic E-state index is -0.677. The zero-order valence-electron chi connectivity index (χ0n) is 11.0. The van der Waals surface area contributed by atoms with E-state index in [0.29, 0.717) is 5.25 Å². The molecule has 0 aromatic heterocycles. The second-order valence-corrected chi connectivity index (χ2v) is 6.34. The average Bonchev–Trinajstić information content (AvgIpc) is 2.46. The fourth-order valence-corrected chi connectivity index (χ4v) is 3.63. The Hall–Kier alpha value is -1.56. The largest absolute Gasteiger partial charge is 0.481 e. The molecule has 0 saturated heterocycles. The van der Waals surface area contributed by atoms with E-state index in [1.807, 2.05) is 11.8 Å². The van der Waals surface area contributed by atoms with Gasteiger partial charge in [-0.2, -0.15) is 11.8 Å². The number of carboxylic acid groups (broad SMARTS) is 1. The number of nitro benzene ring substituents is 1. The lowest BCUT2D eigenvalue weighted by Gasteiger charge is -2.25. The number of nitro groups is 1. The molecule has 6 heteroatoms. The van der Waals surface area contributed by atoms with E-state index in [2.05, 4.69) is 0 Å². The maximum Gasteiger partial charge on any atom is 0.306 e. The molecule has 0 amide bonds. The van der Waals surface area contributed by atoms with Crippen molar-refractivity contribution >= 4 is 23.4 Å². The van der Waals surface area contributed by atoms with Crippen LogP contribution < -0.4 is 0 Å². The van der Waals surface area contributed by atoms with E-state index in [0.717, 1.165) is 37.0 Å². The van der Waals surface area contributed by atoms with Crippen LogP contribution in [0.2, 0.25) is 0 Å². The van der Waals surface area contributed by atoms with Crippen molar-refractivity contribution in [3.05, 3.63) is 39.9 Å². The summed E-state index contributed by atoms with van der Waals surface area (Å²) in [5.41, 5.74) is 1.18. The Labute approximate surface area is 121 Å². The molecule has 1 aromatic carbocycles. The molecule has 1 N–H and O–H groups in total. The van der Waals surface area contributed by atoms with Gasteiger partial charge in [0.05, 0.1) is 10.8 Å². The number of hydrogen-bond acceptors (Lipinski definition) is 4. The number of thioether (sulfide) groups is 1. The lowest BCUT2D eigenvalue weighted by atomic mass is 9.89. The van der Waals surface area contributed by atoms with Gasteiger partial charge in [-0.1, -0.05) is 12.1 Å². The van der Waals surface area contributed by atoms with E-state index in [-0.39, 0.29) is 11.6 Å². The predicted octanol–water partition coefficient (Wildman–Crippen LogP) is 3.47. The average molecular weight is 295 g/mol. The highest BCUT2D eigenvalue weighted by Crippen LogP contribution is 2.33. The molecule has 0 unspecified atom stereocenters. The molecule has 1 aromatic rings. The van der Waals surface area contributed by atoms with E-state index in [4.69, 9.17) is 5.11 Å². The van der Waals surface area contributed by atoms with Gasteiger partial charge in [-0.15, -0.1) is 0 Å². The Morgan fingerprint density at radius 1 is 1.25 bits per heavy atom. The third-order valence-corrected chi connectivity index (χ3v) is 5.10. The van der Waals surface area contributed by atoms with Crippen molar-refractivity contribution in [2.45, 2.75) is 36.7 Å². The van der Waals surface area contributed by atoms with Gasteiger partial charge < -0.3 is 5.11 Å².